The minimum absolute atomic E-state index is 0.254. The third-order valence-electron chi connectivity index (χ3n) is 5.44. The molecule has 1 spiro atoms. The Morgan fingerprint density at radius 1 is 1.24 bits per heavy atom. The smallest absolute Gasteiger partial charge is 0.230 e. The van der Waals surface area contributed by atoms with Gasteiger partial charge in [-0.05, 0) is 43.5 Å². The van der Waals surface area contributed by atoms with E-state index in [0.717, 1.165) is 44.5 Å². The number of rotatable bonds is 6. The molecule has 3 rings (SSSR count). The molecule has 0 radical (unpaired) electrons. The minimum Gasteiger partial charge on any atom is -0.494 e. The van der Waals surface area contributed by atoms with E-state index in [9.17, 15) is 9.18 Å². The molecule has 1 amide bonds. The number of hydrogen-bond acceptors (Lipinski definition) is 4. The first-order chi connectivity index (χ1) is 12.1. The second kappa shape index (κ2) is 7.70. The van der Waals surface area contributed by atoms with Crippen LogP contribution in [0.3, 0.4) is 0 Å². The van der Waals surface area contributed by atoms with Crippen LogP contribution in [0.15, 0.2) is 18.2 Å². The molecular formula is C19H27FN2O3. The Hall–Kier alpha value is -1.66. The molecule has 25 heavy (non-hydrogen) atoms. The molecule has 5 nitrogen and oxygen atoms in total. The zero-order chi connectivity index (χ0) is 17.9. The molecule has 1 unspecified atom stereocenters. The largest absolute Gasteiger partial charge is 0.494 e. The van der Waals surface area contributed by atoms with E-state index in [2.05, 4.69) is 4.90 Å². The van der Waals surface area contributed by atoms with Gasteiger partial charge in [-0.25, -0.2) is 4.39 Å². The lowest BCUT2D eigenvalue weighted by Crippen LogP contribution is -2.50. The van der Waals surface area contributed by atoms with Crippen molar-refractivity contribution in [2.45, 2.75) is 25.8 Å². The van der Waals surface area contributed by atoms with Gasteiger partial charge in [-0.3, -0.25) is 9.69 Å². The van der Waals surface area contributed by atoms with E-state index in [1.807, 2.05) is 4.90 Å². The molecule has 2 aliphatic heterocycles. The summed E-state index contributed by atoms with van der Waals surface area (Å²) in [6.07, 6.45) is 2.90. The fourth-order valence-electron chi connectivity index (χ4n) is 4.10. The summed E-state index contributed by atoms with van der Waals surface area (Å²) in [5, 5.41) is 0. The fraction of sp³-hybridized carbons (Fsp3) is 0.632. The van der Waals surface area contributed by atoms with Crippen LogP contribution in [0.2, 0.25) is 0 Å². The highest BCUT2D eigenvalue weighted by Crippen LogP contribution is 2.40. The Morgan fingerprint density at radius 3 is 2.84 bits per heavy atom. The number of ether oxygens (including phenoxy) is 2. The molecule has 2 saturated heterocycles. The van der Waals surface area contributed by atoms with Gasteiger partial charge in [-0.2, -0.15) is 0 Å². The van der Waals surface area contributed by atoms with Crippen LogP contribution in [0.4, 0.5) is 4.39 Å². The van der Waals surface area contributed by atoms with Gasteiger partial charge in [0.05, 0.1) is 19.1 Å². The van der Waals surface area contributed by atoms with Gasteiger partial charge in [0, 0.05) is 33.3 Å². The van der Waals surface area contributed by atoms with Crippen LogP contribution in [-0.4, -0.2) is 62.7 Å². The Balaban J connectivity index is 1.65. The molecule has 138 valence electrons. The van der Waals surface area contributed by atoms with Gasteiger partial charge in [0.15, 0.2) is 11.6 Å². The van der Waals surface area contributed by atoms with Crippen LogP contribution in [0.5, 0.6) is 5.75 Å². The molecule has 2 heterocycles. The molecule has 0 saturated carbocycles. The van der Waals surface area contributed by atoms with Gasteiger partial charge in [-0.15, -0.1) is 0 Å². The second-order valence-electron chi connectivity index (χ2n) is 7.10. The van der Waals surface area contributed by atoms with Gasteiger partial charge >= 0.3 is 0 Å². The first-order valence-electron chi connectivity index (χ1n) is 8.91. The first kappa shape index (κ1) is 18.1. The van der Waals surface area contributed by atoms with E-state index >= 15 is 0 Å². The Morgan fingerprint density at radius 2 is 2.08 bits per heavy atom. The highest BCUT2D eigenvalue weighted by Gasteiger charge is 2.47. The summed E-state index contributed by atoms with van der Waals surface area (Å²) in [5.41, 5.74) is 0.755. The van der Waals surface area contributed by atoms with Crippen LogP contribution < -0.4 is 4.74 Å². The maximum Gasteiger partial charge on any atom is 0.230 e. The number of likely N-dealkylation sites (tertiary alicyclic amines) is 2. The summed E-state index contributed by atoms with van der Waals surface area (Å²) in [6.45, 7) is 4.47. The fourth-order valence-corrected chi connectivity index (χ4v) is 4.10. The summed E-state index contributed by atoms with van der Waals surface area (Å²) in [6, 6.07) is 4.97. The van der Waals surface area contributed by atoms with Gasteiger partial charge in [0.2, 0.25) is 5.91 Å². The van der Waals surface area contributed by atoms with Crippen molar-refractivity contribution >= 4 is 5.91 Å². The van der Waals surface area contributed by atoms with Crippen molar-refractivity contribution in [1.82, 2.24) is 9.80 Å². The summed E-state index contributed by atoms with van der Waals surface area (Å²) in [7, 11) is 3.14. The maximum absolute atomic E-state index is 13.6. The summed E-state index contributed by atoms with van der Waals surface area (Å²) >= 11 is 0. The zero-order valence-electron chi connectivity index (χ0n) is 15.1. The lowest BCUT2D eigenvalue weighted by molar-refractivity contribution is -0.146. The van der Waals surface area contributed by atoms with Gasteiger partial charge < -0.3 is 14.4 Å². The van der Waals surface area contributed by atoms with E-state index in [1.165, 1.54) is 13.2 Å². The van der Waals surface area contributed by atoms with E-state index in [4.69, 9.17) is 9.47 Å². The lowest BCUT2D eigenvalue weighted by Gasteiger charge is -2.39. The van der Waals surface area contributed by atoms with Crippen LogP contribution in [0.25, 0.3) is 0 Å². The molecule has 1 atom stereocenters. The second-order valence-corrected chi connectivity index (χ2v) is 7.10. The monoisotopic (exact) mass is 350 g/mol. The van der Waals surface area contributed by atoms with E-state index in [0.29, 0.717) is 19.7 Å². The van der Waals surface area contributed by atoms with Crippen molar-refractivity contribution in [3.8, 4) is 5.75 Å². The van der Waals surface area contributed by atoms with Crippen LogP contribution in [0.1, 0.15) is 24.8 Å². The average Bonchev–Trinajstić information content (AvgIpc) is 3.01. The van der Waals surface area contributed by atoms with Crippen molar-refractivity contribution in [1.29, 1.82) is 0 Å². The van der Waals surface area contributed by atoms with Gasteiger partial charge in [-0.1, -0.05) is 6.07 Å². The summed E-state index contributed by atoms with van der Waals surface area (Å²) in [4.78, 5) is 17.2. The molecule has 6 heteroatoms. The molecule has 2 aliphatic rings. The first-order valence-corrected chi connectivity index (χ1v) is 8.91. The zero-order valence-corrected chi connectivity index (χ0v) is 15.1. The predicted molar refractivity (Wildman–Crippen MR) is 93.0 cm³/mol. The quantitative estimate of drug-likeness (QED) is 0.789. The minimum atomic E-state index is -0.347. The van der Waals surface area contributed by atoms with Crippen molar-refractivity contribution in [2.24, 2.45) is 5.41 Å². The predicted octanol–water partition coefficient (Wildman–Crippen LogP) is 2.30. The molecule has 2 fully saturated rings. The topological polar surface area (TPSA) is 42.0 Å². The third-order valence-corrected chi connectivity index (χ3v) is 5.44. The van der Waals surface area contributed by atoms with Crippen LogP contribution >= 0.6 is 0 Å². The Bertz CT molecular complexity index is 625. The maximum atomic E-state index is 13.6. The van der Waals surface area contributed by atoms with Crippen molar-refractivity contribution < 1.29 is 18.7 Å². The normalized spacial score (nSPS) is 24.3. The molecule has 1 aromatic rings. The Labute approximate surface area is 148 Å². The van der Waals surface area contributed by atoms with Crippen LogP contribution in [-0.2, 0) is 16.1 Å². The summed E-state index contributed by atoms with van der Waals surface area (Å²) in [5.74, 6) is 0.196. The van der Waals surface area contributed by atoms with Gasteiger partial charge in [0.25, 0.3) is 0 Å². The molecule has 0 N–H and O–H groups in total. The number of benzene rings is 1. The van der Waals surface area contributed by atoms with Crippen molar-refractivity contribution in [2.75, 3.05) is 47.0 Å². The number of amides is 1. The summed E-state index contributed by atoms with van der Waals surface area (Å²) < 4.78 is 23.8. The highest BCUT2D eigenvalue weighted by atomic mass is 19.1. The molecule has 0 bridgehead atoms. The number of methoxy groups -OCH3 is 2. The van der Waals surface area contributed by atoms with E-state index in [-0.39, 0.29) is 22.9 Å². The SMILES string of the molecule is COCCN1CCCC2(CCN(Cc3ccc(F)c(OC)c3)C2)C1=O. The number of hydrogen-bond donors (Lipinski definition) is 0. The number of piperidine rings is 1. The van der Waals surface area contributed by atoms with Crippen molar-refractivity contribution in [3.05, 3.63) is 29.6 Å². The lowest BCUT2D eigenvalue weighted by atomic mass is 9.78. The Kier molecular flexibility index (Phi) is 5.59. The number of carbonyl (C=O) groups is 1. The molecule has 0 aliphatic carbocycles. The number of carbonyl (C=O) groups excluding carboxylic acids is 1. The van der Waals surface area contributed by atoms with Crippen LogP contribution in [0, 0.1) is 11.2 Å². The number of halogens is 1. The number of nitrogens with zero attached hydrogens (tertiary/aromatic N) is 2. The molecule has 1 aromatic carbocycles. The highest BCUT2D eigenvalue weighted by molar-refractivity contribution is 5.84. The molecular weight excluding hydrogens is 323 g/mol. The molecule has 0 aromatic heterocycles. The van der Waals surface area contributed by atoms with Crippen molar-refractivity contribution in [3.63, 3.8) is 0 Å². The average molecular weight is 350 g/mol. The van der Waals surface area contributed by atoms with E-state index in [1.54, 1.807) is 19.2 Å². The van der Waals surface area contributed by atoms with Gasteiger partial charge in [0.1, 0.15) is 0 Å². The standard InChI is InChI=1S/C19H27FN2O3/c1-24-11-10-22-8-3-6-19(18(22)23)7-9-21(14-19)13-15-4-5-16(20)17(12-15)25-2/h4-5,12H,3,6-11,13-14H2,1-2H3. The van der Waals surface area contributed by atoms with E-state index < -0.39 is 0 Å². The third kappa shape index (κ3) is 3.80.